The molecule has 81 heavy (non-hydrogen) atoms. The molecule has 462 valence electrons. The van der Waals surface area contributed by atoms with Crippen molar-refractivity contribution < 1.29 is 114 Å². The lowest BCUT2D eigenvalue weighted by Gasteiger charge is -2.30. The number of esters is 12. The number of hydrogen-bond donors (Lipinski definition) is 0. The molecule has 6 fully saturated rings. The first-order valence-corrected chi connectivity index (χ1v) is 28.5. The average Bonchev–Trinajstić information content (AvgIpc) is 3.40. The quantitative estimate of drug-likeness (QED) is 0.0699. The van der Waals surface area contributed by atoms with Crippen LogP contribution in [0, 0.1) is 5.92 Å². The molecular formula is C57H90O24. The molecule has 0 saturated carbocycles. The molecule has 11 atom stereocenters. The van der Waals surface area contributed by atoms with Crippen molar-refractivity contribution in [2.75, 3.05) is 0 Å². The molecule has 24 nitrogen and oxygen atoms in total. The van der Waals surface area contributed by atoms with Crippen LogP contribution in [0.15, 0.2) is 0 Å². The predicted molar refractivity (Wildman–Crippen MR) is 284 cm³/mol. The van der Waals surface area contributed by atoms with Crippen LogP contribution >= 0.6 is 0 Å². The van der Waals surface area contributed by atoms with Gasteiger partial charge in [0, 0.05) is 5.92 Å². The number of rotatable bonds is 19. The minimum absolute atomic E-state index is 0.0334. The summed E-state index contributed by atoms with van der Waals surface area (Å²) in [5.74, 6) is -5.31. The second kappa shape index (κ2) is 37.6. The highest BCUT2D eigenvalue weighted by Crippen LogP contribution is 2.23. The minimum Gasteiger partial charge on any atom is -0.448 e. The zero-order valence-electron chi connectivity index (χ0n) is 50.0. The van der Waals surface area contributed by atoms with Crippen molar-refractivity contribution in [2.24, 2.45) is 5.92 Å². The van der Waals surface area contributed by atoms with Gasteiger partial charge in [0.1, 0.15) is 0 Å². The lowest BCUT2D eigenvalue weighted by atomic mass is 10.1. The molecule has 0 radical (unpaired) electrons. The van der Waals surface area contributed by atoms with Gasteiger partial charge in [0.2, 0.25) is 11.7 Å². The molecule has 0 bridgehead atoms. The fraction of sp³-hybridized carbons (Fsp3) is 0.789. The van der Waals surface area contributed by atoms with Crippen LogP contribution in [0.3, 0.4) is 0 Å². The molecule has 0 aliphatic carbocycles. The normalized spacial score (nSPS) is 27.4. The van der Waals surface area contributed by atoms with Crippen molar-refractivity contribution in [3.05, 3.63) is 0 Å². The van der Waals surface area contributed by atoms with E-state index >= 15 is 0 Å². The maximum atomic E-state index is 11.8. The number of cyclic esters (lactones) is 12. The molecule has 11 unspecified atom stereocenters. The molecule has 0 spiro atoms. The van der Waals surface area contributed by atoms with Gasteiger partial charge in [-0.1, -0.05) is 106 Å². The Morgan fingerprint density at radius 1 is 0.309 bits per heavy atom. The molecule has 0 aromatic carbocycles. The third kappa shape index (κ3) is 26.9. The zero-order valence-corrected chi connectivity index (χ0v) is 50.0. The first kappa shape index (κ1) is 72.7. The van der Waals surface area contributed by atoms with E-state index < -0.39 is 132 Å². The molecule has 6 saturated heterocycles. The van der Waals surface area contributed by atoms with Crippen LogP contribution in [0.5, 0.6) is 0 Å². The van der Waals surface area contributed by atoms with Crippen LogP contribution in [0.2, 0.25) is 0 Å². The number of carbonyl (C=O) groups is 12. The first-order valence-electron chi connectivity index (χ1n) is 28.5. The van der Waals surface area contributed by atoms with Crippen molar-refractivity contribution in [1.29, 1.82) is 0 Å². The van der Waals surface area contributed by atoms with Crippen LogP contribution in [-0.2, 0) is 114 Å². The second-order valence-corrected chi connectivity index (χ2v) is 20.9. The lowest BCUT2D eigenvalue weighted by Crippen LogP contribution is -2.49. The summed E-state index contributed by atoms with van der Waals surface area (Å²) in [6.45, 7) is 24.0. The molecule has 0 aromatic rings. The van der Waals surface area contributed by atoms with Gasteiger partial charge in [0.15, 0.2) is 61.0 Å². The highest BCUT2D eigenvalue weighted by Gasteiger charge is 2.43. The van der Waals surface area contributed by atoms with Gasteiger partial charge in [-0.25, -0.2) is 57.5 Å². The Kier molecular flexibility index (Phi) is 33.7. The molecule has 6 aliphatic heterocycles. The average molecular weight is 1160 g/mol. The maximum absolute atomic E-state index is 11.8. The largest absolute Gasteiger partial charge is 0.448 e. The summed E-state index contributed by atoms with van der Waals surface area (Å²) in [5.41, 5.74) is -1.12. The van der Waals surface area contributed by atoms with Gasteiger partial charge in [0.05, 0.1) is 0 Å². The monoisotopic (exact) mass is 1160 g/mol. The van der Waals surface area contributed by atoms with Crippen molar-refractivity contribution >= 4 is 71.6 Å². The molecular weight excluding hydrogens is 1070 g/mol. The number of carbonyl (C=O) groups excluding carboxylic acids is 12. The highest BCUT2D eigenvalue weighted by molar-refractivity contribution is 5.91. The van der Waals surface area contributed by atoms with E-state index in [2.05, 4.69) is 30.2 Å². The fourth-order valence-electron chi connectivity index (χ4n) is 7.39. The Hall–Kier alpha value is -6.36. The van der Waals surface area contributed by atoms with Gasteiger partial charge in [0.25, 0.3) is 0 Å². The number of unbranched alkanes of at least 4 members (excludes halogenated alkanes) is 10. The summed E-state index contributed by atoms with van der Waals surface area (Å²) in [4.78, 5) is 133. The van der Waals surface area contributed by atoms with Gasteiger partial charge in [-0.3, -0.25) is 0 Å². The Labute approximate surface area is 475 Å². The molecule has 6 heterocycles. The van der Waals surface area contributed by atoms with Crippen molar-refractivity contribution in [2.45, 2.75) is 285 Å². The standard InChI is InChI=1S/C16H28O4.C11H18O4.C9H14O4.C8H12O4.C7H10O4.C6H8O4/c1-3-5-7-9-11-13-15(17)20-14(16(18)19-13)12-10-8-6-4-2;1-3-4-5-6-7-9-11(13)14-8(2)10(12)15-9;1-3-4-5-7-9(11)12-6(2)8(10)13-7;1-4(2)6-8(10)11-5(3)7(9)12-6;1-4-5(8)11-7(2,3)6(9)10-4;1-3-5(7)10-4(2)6(8)9-3/h13-14H,3-12H2,1-2H3;8-9H,3-7H2,1-2H3;6-7H,3-5H2,1-2H3;4-6H,1-3H3;4H,1-3H3;3-4H,1-2H3. The summed E-state index contributed by atoms with van der Waals surface area (Å²) in [5, 5.41) is 0. The SMILES string of the molecule is CC1OC(=O)C(C(C)C)OC1=O.CC1OC(=O)C(C)(C)OC1=O.CC1OC(=O)C(C)OC1=O.CCCCC1OC(=O)C(C)OC1=O.CCCCCCC1OC(=O)C(C)OC1=O.CCCCCCC1OC(=O)C(CCCCCC)OC1=O. The van der Waals surface area contributed by atoms with Crippen LogP contribution in [0.25, 0.3) is 0 Å². The Morgan fingerprint density at radius 2 is 0.568 bits per heavy atom. The van der Waals surface area contributed by atoms with E-state index in [9.17, 15) is 57.5 Å². The smallest absolute Gasteiger partial charge is 0.350 e. The Bertz CT molecular complexity index is 2030. The Balaban J connectivity index is 0.000000493. The Morgan fingerprint density at radius 3 is 0.889 bits per heavy atom. The topological polar surface area (TPSA) is 316 Å². The lowest BCUT2D eigenvalue weighted by molar-refractivity contribution is -0.204. The molecule has 0 amide bonds. The molecule has 6 aliphatic rings. The number of hydrogen-bond acceptors (Lipinski definition) is 24. The van der Waals surface area contributed by atoms with E-state index in [1.165, 1.54) is 55.4 Å². The van der Waals surface area contributed by atoms with Crippen molar-refractivity contribution in [3.8, 4) is 0 Å². The van der Waals surface area contributed by atoms with E-state index in [1.807, 2.05) is 6.92 Å². The first-order chi connectivity index (χ1) is 38.0. The third-order valence-electron chi connectivity index (χ3n) is 12.5. The van der Waals surface area contributed by atoms with E-state index in [0.717, 1.165) is 89.9 Å². The molecule has 6 rings (SSSR count). The van der Waals surface area contributed by atoms with Crippen molar-refractivity contribution in [3.63, 3.8) is 0 Å². The summed E-state index contributed by atoms with van der Waals surface area (Å²) >= 11 is 0. The van der Waals surface area contributed by atoms with Crippen molar-refractivity contribution in [1.82, 2.24) is 0 Å². The fourth-order valence-corrected chi connectivity index (χ4v) is 7.39. The zero-order chi connectivity index (χ0) is 61.6. The van der Waals surface area contributed by atoms with E-state index in [1.54, 1.807) is 13.8 Å². The predicted octanol–water partition coefficient (Wildman–Crippen LogP) is 7.23. The summed E-state index contributed by atoms with van der Waals surface area (Å²) in [6, 6.07) is 0. The van der Waals surface area contributed by atoms with Gasteiger partial charge in [-0.05, 0) is 107 Å². The van der Waals surface area contributed by atoms with Crippen LogP contribution in [0.4, 0.5) is 0 Å². The second-order valence-electron chi connectivity index (χ2n) is 20.9. The van der Waals surface area contributed by atoms with E-state index in [4.69, 9.17) is 47.4 Å². The molecule has 0 N–H and O–H groups in total. The summed E-state index contributed by atoms with van der Waals surface area (Å²) < 4.78 is 58.3. The van der Waals surface area contributed by atoms with Crippen LogP contribution in [0.1, 0.15) is 213 Å². The summed E-state index contributed by atoms with van der Waals surface area (Å²) in [6.07, 6.45) is 9.01. The van der Waals surface area contributed by atoms with Gasteiger partial charge in [-0.2, -0.15) is 0 Å². The molecule has 24 heteroatoms. The van der Waals surface area contributed by atoms with Gasteiger partial charge < -0.3 is 56.8 Å². The highest BCUT2D eigenvalue weighted by atomic mass is 16.7. The maximum Gasteiger partial charge on any atom is 0.350 e. The van der Waals surface area contributed by atoms with E-state index in [0.29, 0.717) is 25.7 Å². The van der Waals surface area contributed by atoms with Crippen LogP contribution < -0.4 is 0 Å². The number of ether oxygens (including phenoxy) is 12. The van der Waals surface area contributed by atoms with Crippen LogP contribution in [-0.4, -0.2) is 144 Å². The summed E-state index contributed by atoms with van der Waals surface area (Å²) in [7, 11) is 0. The van der Waals surface area contributed by atoms with Gasteiger partial charge in [-0.15, -0.1) is 0 Å². The van der Waals surface area contributed by atoms with Gasteiger partial charge >= 0.3 is 71.6 Å². The molecule has 0 aromatic heterocycles. The van der Waals surface area contributed by atoms with E-state index in [-0.39, 0.29) is 17.9 Å². The third-order valence-corrected chi connectivity index (χ3v) is 12.5. The minimum atomic E-state index is -1.12.